The lowest BCUT2D eigenvalue weighted by molar-refractivity contribution is 0.102. The van der Waals surface area contributed by atoms with Gasteiger partial charge >= 0.3 is 0 Å². The number of rotatable bonds is 4. The highest BCUT2D eigenvalue weighted by Gasteiger charge is 2.22. The average molecular weight is 392 g/mol. The quantitative estimate of drug-likeness (QED) is 0.569. The van der Waals surface area contributed by atoms with Gasteiger partial charge in [-0.3, -0.25) is 4.79 Å². The number of halogens is 1. The highest BCUT2D eigenvalue weighted by molar-refractivity contribution is 6.08. The molecule has 0 spiro atoms. The lowest BCUT2D eigenvalue weighted by Gasteiger charge is -2.10. The Hall–Kier alpha value is -3.88. The molecule has 9 heteroatoms. The van der Waals surface area contributed by atoms with Crippen LogP contribution in [-0.2, 0) is 0 Å². The van der Waals surface area contributed by atoms with Crippen molar-refractivity contribution >= 4 is 11.6 Å². The Morgan fingerprint density at radius 2 is 1.86 bits per heavy atom. The molecule has 0 unspecified atom stereocenters. The van der Waals surface area contributed by atoms with Crippen molar-refractivity contribution in [3.8, 4) is 16.9 Å². The number of carbonyl (C=O) groups is 1. The second-order valence-electron chi connectivity index (χ2n) is 6.56. The zero-order chi connectivity index (χ0) is 20.5. The van der Waals surface area contributed by atoms with E-state index >= 15 is 0 Å². The first-order valence-electron chi connectivity index (χ1n) is 8.83. The van der Waals surface area contributed by atoms with Gasteiger partial charge in [-0.15, -0.1) is 5.10 Å². The molecule has 4 aromatic rings. The van der Waals surface area contributed by atoms with Gasteiger partial charge in [0.15, 0.2) is 5.82 Å². The minimum absolute atomic E-state index is 0.289. The van der Waals surface area contributed by atoms with Crippen molar-refractivity contribution in [3.05, 3.63) is 71.0 Å². The Kier molecular flexibility index (Phi) is 4.63. The molecule has 2 aromatic carbocycles. The number of aromatic nitrogens is 5. The van der Waals surface area contributed by atoms with Gasteiger partial charge in [0.1, 0.15) is 22.8 Å². The number of aryl methyl sites for hydroxylation is 3. The summed E-state index contributed by atoms with van der Waals surface area (Å²) in [6.07, 6.45) is 0. The van der Waals surface area contributed by atoms with Crippen LogP contribution in [0.2, 0.25) is 0 Å². The summed E-state index contributed by atoms with van der Waals surface area (Å²) >= 11 is 0. The van der Waals surface area contributed by atoms with E-state index in [4.69, 9.17) is 4.52 Å². The van der Waals surface area contributed by atoms with Crippen LogP contribution >= 0.6 is 0 Å². The maximum atomic E-state index is 13.2. The van der Waals surface area contributed by atoms with Crippen molar-refractivity contribution in [1.29, 1.82) is 0 Å². The molecule has 0 aliphatic rings. The summed E-state index contributed by atoms with van der Waals surface area (Å²) in [7, 11) is 0. The molecule has 0 aliphatic carbocycles. The molecule has 1 amide bonds. The van der Waals surface area contributed by atoms with E-state index in [0.29, 0.717) is 28.5 Å². The van der Waals surface area contributed by atoms with Gasteiger partial charge < -0.3 is 9.84 Å². The van der Waals surface area contributed by atoms with Crippen LogP contribution in [0.3, 0.4) is 0 Å². The SMILES string of the molecule is Cc1ccc(NC(=O)c2c(-c3ccc(F)cc3)noc2C)cc1-n1nnnc1C. The largest absolute Gasteiger partial charge is 0.360 e. The number of hydrogen-bond acceptors (Lipinski definition) is 6. The second kappa shape index (κ2) is 7.27. The second-order valence-corrected chi connectivity index (χ2v) is 6.56. The Bertz CT molecular complexity index is 1200. The molecular weight excluding hydrogens is 375 g/mol. The predicted molar refractivity (Wildman–Crippen MR) is 103 cm³/mol. The van der Waals surface area contributed by atoms with Crippen molar-refractivity contribution in [2.45, 2.75) is 20.8 Å². The topological polar surface area (TPSA) is 98.7 Å². The van der Waals surface area contributed by atoms with E-state index in [1.807, 2.05) is 13.0 Å². The third-order valence-corrected chi connectivity index (χ3v) is 4.53. The molecular formula is C20H17FN6O2. The average Bonchev–Trinajstić information content (AvgIpc) is 3.29. The van der Waals surface area contributed by atoms with Gasteiger partial charge in [0.05, 0.1) is 5.69 Å². The van der Waals surface area contributed by atoms with Crippen LogP contribution in [0, 0.1) is 26.6 Å². The van der Waals surface area contributed by atoms with Gasteiger partial charge in [-0.1, -0.05) is 11.2 Å². The third kappa shape index (κ3) is 3.49. The Morgan fingerprint density at radius 1 is 1.10 bits per heavy atom. The summed E-state index contributed by atoms with van der Waals surface area (Å²) in [5, 5.41) is 18.4. The number of hydrogen-bond donors (Lipinski definition) is 1. The summed E-state index contributed by atoms with van der Waals surface area (Å²) in [5.41, 5.74) is 3.50. The van der Waals surface area contributed by atoms with Gasteiger partial charge in [-0.25, -0.2) is 4.39 Å². The molecule has 0 atom stereocenters. The fourth-order valence-electron chi connectivity index (χ4n) is 3.01. The molecule has 1 N–H and O–H groups in total. The predicted octanol–water partition coefficient (Wildman–Crippen LogP) is 3.63. The van der Waals surface area contributed by atoms with Crippen molar-refractivity contribution in [2.75, 3.05) is 5.32 Å². The minimum atomic E-state index is -0.383. The number of carbonyl (C=O) groups excluding carboxylic acids is 1. The van der Waals surface area contributed by atoms with Crippen molar-refractivity contribution in [1.82, 2.24) is 25.4 Å². The number of amides is 1. The Morgan fingerprint density at radius 3 is 2.55 bits per heavy atom. The molecule has 0 saturated heterocycles. The first kappa shape index (κ1) is 18.5. The van der Waals surface area contributed by atoms with E-state index in [9.17, 15) is 9.18 Å². The molecule has 2 aromatic heterocycles. The highest BCUT2D eigenvalue weighted by atomic mass is 19.1. The van der Waals surface area contributed by atoms with Crippen LogP contribution in [0.4, 0.5) is 10.1 Å². The number of nitrogens with zero attached hydrogens (tertiary/aromatic N) is 5. The van der Waals surface area contributed by atoms with Gasteiger partial charge in [0, 0.05) is 11.3 Å². The van der Waals surface area contributed by atoms with Crippen LogP contribution in [0.25, 0.3) is 16.9 Å². The van der Waals surface area contributed by atoms with E-state index < -0.39 is 0 Å². The maximum Gasteiger partial charge on any atom is 0.261 e. The van der Waals surface area contributed by atoms with Crippen LogP contribution in [0.5, 0.6) is 0 Å². The summed E-state index contributed by atoms with van der Waals surface area (Å²) < 4.78 is 20.0. The van der Waals surface area contributed by atoms with E-state index in [0.717, 1.165) is 11.3 Å². The number of tetrazole rings is 1. The molecule has 0 fully saturated rings. The fourth-order valence-corrected chi connectivity index (χ4v) is 3.01. The number of nitrogens with one attached hydrogen (secondary N) is 1. The first-order chi connectivity index (χ1) is 13.9. The number of benzene rings is 2. The van der Waals surface area contributed by atoms with Crippen LogP contribution in [-0.4, -0.2) is 31.3 Å². The molecule has 29 heavy (non-hydrogen) atoms. The molecule has 0 bridgehead atoms. The summed E-state index contributed by atoms with van der Waals surface area (Å²) in [4.78, 5) is 13.0. The monoisotopic (exact) mass is 392 g/mol. The van der Waals surface area contributed by atoms with Crippen LogP contribution in [0.1, 0.15) is 27.5 Å². The van der Waals surface area contributed by atoms with Gasteiger partial charge in [-0.2, -0.15) is 4.68 Å². The fraction of sp³-hybridized carbons (Fsp3) is 0.150. The van der Waals surface area contributed by atoms with Gasteiger partial charge in [-0.05, 0) is 73.2 Å². The van der Waals surface area contributed by atoms with Crippen molar-refractivity contribution in [3.63, 3.8) is 0 Å². The van der Waals surface area contributed by atoms with Crippen molar-refractivity contribution < 1.29 is 13.7 Å². The van der Waals surface area contributed by atoms with E-state index in [2.05, 4.69) is 26.0 Å². The van der Waals surface area contributed by atoms with E-state index in [1.165, 1.54) is 12.1 Å². The molecule has 0 saturated carbocycles. The van der Waals surface area contributed by atoms with Gasteiger partial charge in [0.2, 0.25) is 0 Å². The smallest absolute Gasteiger partial charge is 0.261 e. The van der Waals surface area contributed by atoms with Crippen LogP contribution in [0.15, 0.2) is 47.0 Å². The number of anilines is 1. The zero-order valence-corrected chi connectivity index (χ0v) is 16.0. The van der Waals surface area contributed by atoms with E-state index in [-0.39, 0.29) is 17.3 Å². The maximum absolute atomic E-state index is 13.2. The Balaban J connectivity index is 1.67. The van der Waals surface area contributed by atoms with Crippen molar-refractivity contribution in [2.24, 2.45) is 0 Å². The summed E-state index contributed by atoms with van der Waals surface area (Å²) in [5.74, 6) is 0.242. The first-order valence-corrected chi connectivity index (χ1v) is 8.83. The molecule has 0 radical (unpaired) electrons. The minimum Gasteiger partial charge on any atom is -0.360 e. The summed E-state index contributed by atoms with van der Waals surface area (Å²) in [6, 6.07) is 11.2. The molecule has 146 valence electrons. The van der Waals surface area contributed by atoms with Crippen LogP contribution < -0.4 is 5.32 Å². The molecule has 2 heterocycles. The normalized spacial score (nSPS) is 10.9. The molecule has 0 aliphatic heterocycles. The molecule has 4 rings (SSSR count). The zero-order valence-electron chi connectivity index (χ0n) is 16.0. The lowest BCUT2D eigenvalue weighted by atomic mass is 10.1. The van der Waals surface area contributed by atoms with E-state index in [1.54, 1.807) is 42.8 Å². The summed E-state index contributed by atoms with van der Waals surface area (Å²) in [6.45, 7) is 5.37. The lowest BCUT2D eigenvalue weighted by Crippen LogP contribution is -2.14. The standard InChI is InChI=1S/C20H17FN6O2/c1-11-4-9-16(10-17(11)27-13(3)23-25-26-27)22-20(28)18-12(2)29-24-19(18)14-5-7-15(21)8-6-14/h4-10H,1-3H3,(H,22,28). The molecule has 8 nitrogen and oxygen atoms in total. The highest BCUT2D eigenvalue weighted by Crippen LogP contribution is 2.27. The van der Waals surface area contributed by atoms with Gasteiger partial charge in [0.25, 0.3) is 5.91 Å². The third-order valence-electron chi connectivity index (χ3n) is 4.53. The Labute approximate surface area is 165 Å².